The molecule has 0 aliphatic heterocycles. The summed E-state index contributed by atoms with van der Waals surface area (Å²) in [6.07, 6.45) is 4.86. The molecule has 132 valence electrons. The first kappa shape index (κ1) is 22.0. The minimum atomic E-state index is 0.668. The van der Waals surface area contributed by atoms with E-state index in [1.54, 1.807) is 5.56 Å². The molecular formula is C23H40. The zero-order valence-electron chi connectivity index (χ0n) is 17.3. The number of aryl methyl sites for hydroxylation is 2. The molecule has 0 fully saturated rings. The van der Waals surface area contributed by atoms with E-state index in [-0.39, 0.29) is 0 Å². The maximum atomic E-state index is 4.37. The maximum absolute atomic E-state index is 4.37. The lowest BCUT2D eigenvalue weighted by atomic mass is 9.84. The van der Waals surface area contributed by atoms with Crippen molar-refractivity contribution < 1.29 is 0 Å². The van der Waals surface area contributed by atoms with E-state index in [0.29, 0.717) is 5.92 Å². The number of benzene rings is 1. The van der Waals surface area contributed by atoms with E-state index in [1.807, 2.05) is 13.8 Å². The molecule has 0 aliphatic rings. The van der Waals surface area contributed by atoms with Gasteiger partial charge in [-0.25, -0.2) is 0 Å². The third-order valence-electron chi connectivity index (χ3n) is 4.72. The topological polar surface area (TPSA) is 0 Å². The quantitative estimate of drug-likeness (QED) is 0.484. The Morgan fingerprint density at radius 3 is 2.09 bits per heavy atom. The predicted molar refractivity (Wildman–Crippen MR) is 108 cm³/mol. The molecule has 0 spiro atoms. The van der Waals surface area contributed by atoms with E-state index in [0.717, 1.165) is 12.3 Å². The lowest BCUT2D eigenvalue weighted by Gasteiger charge is -2.21. The molecule has 0 bridgehead atoms. The van der Waals surface area contributed by atoms with E-state index in [1.165, 1.54) is 47.1 Å². The SMILES string of the molecule is C=C(CC(C)C)c1c(C)cc(C)c(CCC(C)CC)c1C.CC. The Hall–Kier alpha value is -1.04. The molecule has 0 saturated heterocycles. The fraction of sp³-hybridized carbons (Fsp3) is 0.652. The average Bonchev–Trinajstić information content (AvgIpc) is 2.47. The van der Waals surface area contributed by atoms with Gasteiger partial charge in [0.1, 0.15) is 0 Å². The van der Waals surface area contributed by atoms with Gasteiger partial charge in [-0.3, -0.25) is 0 Å². The van der Waals surface area contributed by atoms with E-state index in [4.69, 9.17) is 0 Å². The van der Waals surface area contributed by atoms with E-state index >= 15 is 0 Å². The Bertz CT molecular complexity index is 491. The van der Waals surface area contributed by atoms with Gasteiger partial charge in [0.15, 0.2) is 0 Å². The van der Waals surface area contributed by atoms with Gasteiger partial charge in [0.25, 0.3) is 0 Å². The van der Waals surface area contributed by atoms with Gasteiger partial charge in [-0.1, -0.05) is 60.6 Å². The zero-order valence-corrected chi connectivity index (χ0v) is 17.3. The number of hydrogen-bond acceptors (Lipinski definition) is 0. The molecule has 0 aliphatic carbocycles. The third-order valence-corrected chi connectivity index (χ3v) is 4.72. The van der Waals surface area contributed by atoms with Crippen LogP contribution in [0, 0.1) is 32.6 Å². The van der Waals surface area contributed by atoms with Gasteiger partial charge in [-0.2, -0.15) is 0 Å². The van der Waals surface area contributed by atoms with Gasteiger partial charge in [-0.15, -0.1) is 0 Å². The highest BCUT2D eigenvalue weighted by Gasteiger charge is 2.14. The summed E-state index contributed by atoms with van der Waals surface area (Å²) in [6, 6.07) is 2.36. The number of allylic oxidation sites excluding steroid dienone is 1. The van der Waals surface area contributed by atoms with Crippen LogP contribution in [0.2, 0.25) is 0 Å². The summed E-state index contributed by atoms with van der Waals surface area (Å²) in [5.74, 6) is 1.48. The summed E-state index contributed by atoms with van der Waals surface area (Å²) >= 11 is 0. The highest BCUT2D eigenvalue weighted by molar-refractivity contribution is 5.71. The van der Waals surface area contributed by atoms with Crippen LogP contribution in [0.25, 0.3) is 5.57 Å². The molecule has 1 atom stereocenters. The molecule has 0 N–H and O–H groups in total. The highest BCUT2D eigenvalue weighted by Crippen LogP contribution is 2.32. The first-order chi connectivity index (χ1) is 10.8. The Balaban J connectivity index is 0.00000232. The number of hydrogen-bond donors (Lipinski definition) is 0. The largest absolute Gasteiger partial charge is 0.0952 e. The fourth-order valence-corrected chi connectivity index (χ4v) is 3.34. The van der Waals surface area contributed by atoms with E-state index < -0.39 is 0 Å². The molecule has 0 saturated carbocycles. The fourth-order valence-electron chi connectivity index (χ4n) is 3.34. The van der Waals surface area contributed by atoms with E-state index in [9.17, 15) is 0 Å². The summed E-state index contributed by atoms with van der Waals surface area (Å²) < 4.78 is 0. The van der Waals surface area contributed by atoms with Gasteiger partial charge in [0.05, 0.1) is 0 Å². The van der Waals surface area contributed by atoms with Gasteiger partial charge >= 0.3 is 0 Å². The lowest BCUT2D eigenvalue weighted by Crippen LogP contribution is -2.05. The molecule has 0 heterocycles. The summed E-state index contributed by atoms with van der Waals surface area (Å²) in [5.41, 5.74) is 8.61. The Morgan fingerprint density at radius 1 is 1.04 bits per heavy atom. The van der Waals surface area contributed by atoms with Crippen molar-refractivity contribution >= 4 is 5.57 Å². The minimum Gasteiger partial charge on any atom is -0.0952 e. The highest BCUT2D eigenvalue weighted by atomic mass is 14.2. The van der Waals surface area contributed by atoms with Crippen molar-refractivity contribution in [1.82, 2.24) is 0 Å². The zero-order chi connectivity index (χ0) is 18.2. The van der Waals surface area contributed by atoms with Crippen LogP contribution in [0.5, 0.6) is 0 Å². The van der Waals surface area contributed by atoms with Crippen LogP contribution in [-0.2, 0) is 6.42 Å². The molecule has 1 unspecified atom stereocenters. The molecule has 1 aromatic carbocycles. The molecule has 1 rings (SSSR count). The first-order valence-corrected chi connectivity index (χ1v) is 9.55. The Labute approximate surface area is 146 Å². The van der Waals surface area contributed by atoms with Gasteiger partial charge in [0, 0.05) is 0 Å². The normalized spacial score (nSPS) is 11.9. The van der Waals surface area contributed by atoms with Crippen molar-refractivity contribution in [3.05, 3.63) is 40.5 Å². The summed E-state index contributed by atoms with van der Waals surface area (Å²) in [5, 5.41) is 0. The summed E-state index contributed by atoms with van der Waals surface area (Å²) in [7, 11) is 0. The van der Waals surface area contributed by atoms with Crippen LogP contribution in [0.3, 0.4) is 0 Å². The van der Waals surface area contributed by atoms with Crippen molar-refractivity contribution in [2.24, 2.45) is 11.8 Å². The van der Waals surface area contributed by atoms with Crippen molar-refractivity contribution in [2.45, 2.75) is 88.0 Å². The summed E-state index contributed by atoms with van der Waals surface area (Å²) in [6.45, 7) is 24.4. The van der Waals surface area contributed by atoms with Crippen molar-refractivity contribution in [3.8, 4) is 0 Å². The van der Waals surface area contributed by atoms with Crippen LogP contribution in [0.1, 0.15) is 88.6 Å². The van der Waals surface area contributed by atoms with E-state index in [2.05, 4.69) is 61.1 Å². The van der Waals surface area contributed by atoms with Crippen LogP contribution in [0.4, 0.5) is 0 Å². The average molecular weight is 317 g/mol. The first-order valence-electron chi connectivity index (χ1n) is 9.55. The van der Waals surface area contributed by atoms with Crippen molar-refractivity contribution in [2.75, 3.05) is 0 Å². The second kappa shape index (κ2) is 10.7. The molecule has 23 heavy (non-hydrogen) atoms. The Kier molecular flexibility index (Phi) is 10.2. The van der Waals surface area contributed by atoms with Crippen LogP contribution in [0.15, 0.2) is 12.6 Å². The van der Waals surface area contributed by atoms with Gasteiger partial charge in [-0.05, 0) is 85.3 Å². The maximum Gasteiger partial charge on any atom is -0.0169 e. The second-order valence-electron chi connectivity index (χ2n) is 7.24. The molecule has 0 nitrogen and oxygen atoms in total. The van der Waals surface area contributed by atoms with Crippen LogP contribution >= 0.6 is 0 Å². The monoisotopic (exact) mass is 316 g/mol. The minimum absolute atomic E-state index is 0.668. The van der Waals surface area contributed by atoms with Gasteiger partial charge in [0.2, 0.25) is 0 Å². The smallest absolute Gasteiger partial charge is 0.0169 e. The van der Waals surface area contributed by atoms with Gasteiger partial charge < -0.3 is 0 Å². The lowest BCUT2D eigenvalue weighted by molar-refractivity contribution is 0.515. The molecule has 0 amide bonds. The van der Waals surface area contributed by atoms with Crippen molar-refractivity contribution in [1.29, 1.82) is 0 Å². The molecule has 0 radical (unpaired) electrons. The third kappa shape index (κ3) is 6.53. The Morgan fingerprint density at radius 2 is 1.61 bits per heavy atom. The molecule has 0 aromatic heterocycles. The molecular weight excluding hydrogens is 276 g/mol. The van der Waals surface area contributed by atoms with Crippen LogP contribution < -0.4 is 0 Å². The standard InChI is InChI=1S/C21H34.C2H6/c1-9-15(4)10-11-20-16(5)13-18(7)21(19(20)8)17(6)12-14(2)3;1-2/h13-15H,6,9-12H2,1-5,7-8H3;1-2H3. The van der Waals surface area contributed by atoms with Crippen molar-refractivity contribution in [3.63, 3.8) is 0 Å². The molecule has 0 heteroatoms. The summed E-state index contributed by atoms with van der Waals surface area (Å²) in [4.78, 5) is 0. The number of rotatable bonds is 7. The predicted octanol–water partition coefficient (Wildman–Crippen LogP) is 7.68. The second-order valence-corrected chi connectivity index (χ2v) is 7.24. The molecule has 1 aromatic rings. The van der Waals surface area contributed by atoms with Crippen LogP contribution in [-0.4, -0.2) is 0 Å².